The van der Waals surface area contributed by atoms with Crippen LogP contribution in [0.4, 0.5) is 0 Å². The van der Waals surface area contributed by atoms with E-state index in [0.717, 1.165) is 24.1 Å². The zero-order valence-corrected chi connectivity index (χ0v) is 14.7. The molecule has 9 nitrogen and oxygen atoms in total. The van der Waals surface area contributed by atoms with Crippen LogP contribution in [0.3, 0.4) is 0 Å². The molecule has 10 heteroatoms. The second kappa shape index (κ2) is 7.12. The highest BCUT2D eigenvalue weighted by Crippen LogP contribution is 2.42. The zero-order chi connectivity index (χ0) is 18.8. The zero-order valence-electron chi connectivity index (χ0n) is 14.0. The van der Waals surface area contributed by atoms with Crippen LogP contribution in [0.15, 0.2) is 52.7 Å². The number of hydrogen-bond acceptors (Lipinski definition) is 6. The normalized spacial score (nSPS) is 13.2. The molecule has 1 aliphatic rings. The van der Waals surface area contributed by atoms with Crippen LogP contribution in [0.25, 0.3) is 16.9 Å². The minimum atomic E-state index is -0.539. The van der Waals surface area contributed by atoms with Gasteiger partial charge in [0.25, 0.3) is 5.56 Å². The highest BCUT2D eigenvalue weighted by Gasteiger charge is 2.28. The van der Waals surface area contributed by atoms with Gasteiger partial charge in [0.1, 0.15) is 12.0 Å². The molecule has 0 spiro atoms. The Hall–Kier alpha value is -3.33. The van der Waals surface area contributed by atoms with E-state index in [9.17, 15) is 9.59 Å². The predicted octanol–water partition coefficient (Wildman–Crippen LogP) is 1.78. The summed E-state index contributed by atoms with van der Waals surface area (Å²) in [6, 6.07) is 5.43. The summed E-state index contributed by atoms with van der Waals surface area (Å²) in [6.45, 7) is 0. The number of hydrogen-bond donors (Lipinski definition) is 2. The Morgan fingerprint density at radius 3 is 2.74 bits per heavy atom. The molecule has 1 fully saturated rings. The Morgan fingerprint density at radius 2 is 2.11 bits per heavy atom. The minimum absolute atomic E-state index is 0.309. The summed E-state index contributed by atoms with van der Waals surface area (Å²) < 4.78 is 1.42. The number of rotatable bonds is 2. The van der Waals surface area contributed by atoms with Gasteiger partial charge in [-0.1, -0.05) is 11.6 Å². The van der Waals surface area contributed by atoms with E-state index < -0.39 is 11.2 Å². The van der Waals surface area contributed by atoms with Crippen LogP contribution in [-0.2, 0) is 0 Å². The highest BCUT2D eigenvalue weighted by atomic mass is 35.5. The number of fused-ring (bicyclic) bond motifs is 1. The molecule has 4 heterocycles. The molecule has 5 rings (SSSR count). The summed E-state index contributed by atoms with van der Waals surface area (Å²) in [7, 11) is 0. The summed E-state index contributed by atoms with van der Waals surface area (Å²) in [5.74, 6) is 0.449. The predicted molar refractivity (Wildman–Crippen MR) is 98.7 cm³/mol. The molecular formula is C17H14ClN7O2. The molecule has 0 bridgehead atoms. The van der Waals surface area contributed by atoms with E-state index in [1.165, 1.54) is 17.2 Å². The summed E-state index contributed by atoms with van der Waals surface area (Å²) in [6.07, 6.45) is 8.30. The topological polar surface area (TPSA) is 122 Å². The lowest BCUT2D eigenvalue weighted by atomic mass is 10.1. The summed E-state index contributed by atoms with van der Waals surface area (Å²) in [4.78, 5) is 35.5. The molecule has 0 unspecified atom stereocenters. The highest BCUT2D eigenvalue weighted by molar-refractivity contribution is 6.30. The molecule has 2 N–H and O–H groups in total. The smallest absolute Gasteiger partial charge is 0.313 e. The third kappa shape index (κ3) is 3.77. The molecule has 136 valence electrons. The van der Waals surface area contributed by atoms with Crippen LogP contribution < -0.4 is 11.2 Å². The third-order valence-corrected chi connectivity index (χ3v) is 4.24. The van der Waals surface area contributed by atoms with Gasteiger partial charge in [0.05, 0.1) is 10.6 Å². The van der Waals surface area contributed by atoms with Gasteiger partial charge >= 0.3 is 5.69 Å². The standard InChI is InChI=1S/C12H10N6O2.C5H4ClN/c19-11-8(4-13-12(20)16-11)9-3-7(6-1-2-6)10-14-5-15-18(10)17-9;6-5-2-1-3-7-4-5/h3-6H,1-2H2,(H2,13,16,19,20);1-4H. The fourth-order valence-electron chi connectivity index (χ4n) is 2.61. The molecule has 1 saturated carbocycles. The van der Waals surface area contributed by atoms with Gasteiger partial charge in [0.15, 0.2) is 5.65 Å². The molecule has 27 heavy (non-hydrogen) atoms. The maximum absolute atomic E-state index is 11.9. The first-order valence-electron chi connectivity index (χ1n) is 8.20. The minimum Gasteiger partial charge on any atom is -0.313 e. The fourth-order valence-corrected chi connectivity index (χ4v) is 2.74. The Labute approximate surface area is 157 Å². The number of aromatic amines is 2. The molecule has 1 aliphatic carbocycles. The van der Waals surface area contributed by atoms with Gasteiger partial charge in [-0.3, -0.25) is 14.8 Å². The number of H-pyrrole nitrogens is 2. The monoisotopic (exact) mass is 383 g/mol. The fraction of sp³-hybridized carbons (Fsp3) is 0.176. The van der Waals surface area contributed by atoms with Crippen molar-refractivity contribution in [3.05, 3.63) is 74.5 Å². The van der Waals surface area contributed by atoms with Gasteiger partial charge in [0.2, 0.25) is 0 Å². The number of nitrogens with zero attached hydrogens (tertiary/aromatic N) is 5. The van der Waals surface area contributed by atoms with E-state index in [2.05, 4.69) is 30.1 Å². The maximum Gasteiger partial charge on any atom is 0.325 e. The summed E-state index contributed by atoms with van der Waals surface area (Å²) >= 11 is 5.48. The average Bonchev–Trinajstić information content (AvgIpc) is 3.39. The second-order valence-corrected chi connectivity index (χ2v) is 6.43. The quantitative estimate of drug-likeness (QED) is 0.544. The van der Waals surface area contributed by atoms with Gasteiger partial charge in [0, 0.05) is 24.2 Å². The van der Waals surface area contributed by atoms with Crippen LogP contribution in [0.1, 0.15) is 24.3 Å². The third-order valence-electron chi connectivity index (χ3n) is 4.02. The van der Waals surface area contributed by atoms with Crippen molar-refractivity contribution in [2.75, 3.05) is 0 Å². The van der Waals surface area contributed by atoms with E-state index in [0.29, 0.717) is 22.2 Å². The first-order valence-corrected chi connectivity index (χ1v) is 8.58. The van der Waals surface area contributed by atoms with Crippen LogP contribution in [-0.4, -0.2) is 34.8 Å². The first kappa shape index (κ1) is 17.1. The molecule has 0 saturated heterocycles. The first-order chi connectivity index (χ1) is 13.1. The van der Waals surface area contributed by atoms with Gasteiger partial charge in [-0.25, -0.2) is 9.78 Å². The van der Waals surface area contributed by atoms with Crippen molar-refractivity contribution in [3.63, 3.8) is 0 Å². The van der Waals surface area contributed by atoms with E-state index >= 15 is 0 Å². The van der Waals surface area contributed by atoms with Crippen molar-refractivity contribution in [1.82, 2.24) is 34.8 Å². The number of halogens is 1. The summed E-state index contributed by atoms with van der Waals surface area (Å²) in [5, 5.41) is 8.98. The number of nitrogens with one attached hydrogen (secondary N) is 2. The Kier molecular flexibility index (Phi) is 4.51. The molecular weight excluding hydrogens is 370 g/mol. The van der Waals surface area contributed by atoms with Gasteiger partial charge in [-0.15, -0.1) is 14.8 Å². The van der Waals surface area contributed by atoms with Gasteiger partial charge in [-0.05, 0) is 37.0 Å². The molecule has 0 aromatic carbocycles. The van der Waals surface area contributed by atoms with E-state index in [1.807, 2.05) is 6.07 Å². The Bertz CT molecular complexity index is 1200. The maximum atomic E-state index is 11.9. The molecule has 0 atom stereocenters. The Balaban J connectivity index is 0.000000218. The van der Waals surface area contributed by atoms with Gasteiger partial charge in [-0.2, -0.15) is 0 Å². The van der Waals surface area contributed by atoms with Crippen molar-refractivity contribution in [1.29, 1.82) is 0 Å². The Morgan fingerprint density at radius 1 is 1.26 bits per heavy atom. The molecule has 4 aromatic rings. The molecule has 0 amide bonds. The molecule has 4 aromatic heterocycles. The number of aromatic nitrogens is 7. The molecule has 0 radical (unpaired) electrons. The lowest BCUT2D eigenvalue weighted by Crippen LogP contribution is -2.23. The van der Waals surface area contributed by atoms with Crippen molar-refractivity contribution in [2.45, 2.75) is 18.8 Å². The van der Waals surface area contributed by atoms with Crippen molar-refractivity contribution in [3.8, 4) is 11.3 Å². The lowest BCUT2D eigenvalue weighted by Gasteiger charge is -2.04. The average molecular weight is 384 g/mol. The van der Waals surface area contributed by atoms with Crippen molar-refractivity contribution < 1.29 is 0 Å². The van der Waals surface area contributed by atoms with E-state index in [4.69, 9.17) is 11.6 Å². The van der Waals surface area contributed by atoms with E-state index in [-0.39, 0.29) is 0 Å². The second-order valence-electron chi connectivity index (χ2n) is 5.99. The SMILES string of the molecule is Clc1cccnc1.O=c1[nH]cc(-c2cc(C3CC3)c3ncnn3n2)c(=O)[nH]1. The number of pyridine rings is 1. The van der Waals surface area contributed by atoms with Crippen LogP contribution in [0.5, 0.6) is 0 Å². The van der Waals surface area contributed by atoms with Crippen molar-refractivity contribution >= 4 is 17.2 Å². The molecule has 0 aliphatic heterocycles. The largest absolute Gasteiger partial charge is 0.325 e. The van der Waals surface area contributed by atoms with Crippen LogP contribution in [0, 0.1) is 0 Å². The lowest BCUT2D eigenvalue weighted by molar-refractivity contribution is 0.794. The summed E-state index contributed by atoms with van der Waals surface area (Å²) in [5.41, 5.74) is 1.53. The van der Waals surface area contributed by atoms with Crippen LogP contribution in [0.2, 0.25) is 5.02 Å². The van der Waals surface area contributed by atoms with E-state index in [1.54, 1.807) is 24.5 Å². The van der Waals surface area contributed by atoms with Crippen molar-refractivity contribution in [2.24, 2.45) is 0 Å². The van der Waals surface area contributed by atoms with Crippen LogP contribution >= 0.6 is 11.6 Å². The van der Waals surface area contributed by atoms with Gasteiger partial charge < -0.3 is 4.98 Å².